The first-order chi connectivity index (χ1) is 18.3. The molecule has 2 aromatic heterocycles. The van der Waals surface area contributed by atoms with Gasteiger partial charge in [-0.15, -0.1) is 0 Å². The van der Waals surface area contributed by atoms with Gasteiger partial charge in [0.25, 0.3) is 0 Å². The van der Waals surface area contributed by atoms with Crippen molar-refractivity contribution >= 4 is 17.4 Å². The Bertz CT molecular complexity index is 1480. The number of ether oxygens (including phenoxy) is 1. The summed E-state index contributed by atoms with van der Waals surface area (Å²) in [5.41, 5.74) is 0.0974. The quantitative estimate of drug-likeness (QED) is 0.360. The maximum absolute atomic E-state index is 14.3. The highest BCUT2D eigenvalue weighted by molar-refractivity contribution is 6.03. The van der Waals surface area contributed by atoms with Gasteiger partial charge >= 0.3 is 0 Å². The largest absolute Gasteiger partial charge is 0.489 e. The number of hydrogen-bond acceptors (Lipinski definition) is 6. The van der Waals surface area contributed by atoms with E-state index in [2.05, 4.69) is 15.0 Å². The second-order valence-electron chi connectivity index (χ2n) is 9.09. The second-order valence-corrected chi connectivity index (χ2v) is 9.09. The lowest BCUT2D eigenvalue weighted by Gasteiger charge is -2.25. The van der Waals surface area contributed by atoms with E-state index in [4.69, 9.17) is 4.74 Å². The van der Waals surface area contributed by atoms with Gasteiger partial charge in [0.2, 0.25) is 5.91 Å². The molecule has 1 amide bonds. The molecule has 0 aliphatic heterocycles. The van der Waals surface area contributed by atoms with E-state index in [0.29, 0.717) is 17.8 Å². The Morgan fingerprint density at radius 3 is 2.47 bits per heavy atom. The summed E-state index contributed by atoms with van der Waals surface area (Å²) in [5, 5.41) is 9.70. The van der Waals surface area contributed by atoms with Crippen molar-refractivity contribution in [3.05, 3.63) is 108 Å². The van der Waals surface area contributed by atoms with Gasteiger partial charge in [-0.05, 0) is 61.4 Å². The van der Waals surface area contributed by atoms with Crippen molar-refractivity contribution in [3.63, 3.8) is 0 Å². The summed E-state index contributed by atoms with van der Waals surface area (Å²) in [6.07, 6.45) is 2.70. The van der Waals surface area contributed by atoms with Gasteiger partial charge in [-0.25, -0.2) is 28.1 Å². The number of amides is 1. The zero-order valence-corrected chi connectivity index (χ0v) is 20.3. The molecule has 2 heterocycles. The molecule has 0 spiro atoms. The molecule has 0 saturated heterocycles. The smallest absolute Gasteiger partial charge is 0.236 e. The molecular weight excluding hydrogens is 497 g/mol. The maximum Gasteiger partial charge on any atom is 0.236 e. The topological polar surface area (TPSA) is 88.4 Å². The van der Waals surface area contributed by atoms with Gasteiger partial charge in [0, 0.05) is 5.41 Å². The van der Waals surface area contributed by atoms with Crippen LogP contribution in [0, 0.1) is 30.3 Å². The number of aryl methyl sites for hydroxylation is 1. The van der Waals surface area contributed by atoms with Crippen molar-refractivity contribution in [3.8, 4) is 5.75 Å². The molecule has 7 nitrogen and oxygen atoms in total. The molecule has 0 bridgehead atoms. The molecule has 2 unspecified atom stereocenters. The van der Waals surface area contributed by atoms with Gasteiger partial charge in [0.05, 0.1) is 37.2 Å². The van der Waals surface area contributed by atoms with Crippen LogP contribution in [0.1, 0.15) is 23.5 Å². The molecule has 1 N–H and O–H groups in total. The van der Waals surface area contributed by atoms with Crippen LogP contribution in [0.3, 0.4) is 0 Å². The molecule has 38 heavy (non-hydrogen) atoms. The highest BCUT2D eigenvalue weighted by Gasteiger charge is 2.61. The Hall–Kier alpha value is -4.31. The van der Waals surface area contributed by atoms with E-state index >= 15 is 0 Å². The summed E-state index contributed by atoms with van der Waals surface area (Å²) >= 11 is 0. The molecular formula is C28H23F3N4O3. The van der Waals surface area contributed by atoms with E-state index < -0.39 is 34.7 Å². The lowest BCUT2D eigenvalue weighted by Crippen LogP contribution is -2.33. The summed E-state index contributed by atoms with van der Waals surface area (Å²) < 4.78 is 48.0. The van der Waals surface area contributed by atoms with Crippen LogP contribution in [0.4, 0.5) is 24.7 Å². The number of anilines is 2. The zero-order chi connectivity index (χ0) is 26.9. The molecule has 5 rings (SSSR count). The fraction of sp³-hybridized carbons (Fsp3) is 0.214. The molecule has 10 heteroatoms. The lowest BCUT2D eigenvalue weighted by atomic mass is 9.93. The molecule has 4 aromatic rings. The number of carbonyl (C=O) groups is 1. The van der Waals surface area contributed by atoms with Crippen LogP contribution < -0.4 is 9.64 Å². The van der Waals surface area contributed by atoms with Crippen LogP contribution in [0.15, 0.2) is 73.1 Å². The normalized spacial score (nSPS) is 18.2. The SMILES string of the molecule is Cc1ncc(OCC2(c3cccc(F)c3)CC2C(=O)N(c2cccc(F)c2)c2ccc(F)cn2)c(CO)n1. The van der Waals surface area contributed by atoms with Crippen LogP contribution >= 0.6 is 0 Å². The minimum absolute atomic E-state index is 0.0415. The number of nitrogens with zero attached hydrogens (tertiary/aromatic N) is 4. The number of hydrogen-bond donors (Lipinski definition) is 1. The zero-order valence-electron chi connectivity index (χ0n) is 20.3. The minimum Gasteiger partial charge on any atom is -0.489 e. The van der Waals surface area contributed by atoms with Crippen LogP contribution in [-0.4, -0.2) is 32.6 Å². The summed E-state index contributed by atoms with van der Waals surface area (Å²) in [6.45, 7) is 1.26. The number of benzene rings is 2. The molecule has 1 fully saturated rings. The third-order valence-corrected chi connectivity index (χ3v) is 6.59. The number of aliphatic hydroxyl groups is 1. The van der Waals surface area contributed by atoms with E-state index in [0.717, 1.165) is 12.3 Å². The number of pyridine rings is 1. The fourth-order valence-corrected chi connectivity index (χ4v) is 4.58. The second kappa shape index (κ2) is 10.2. The third kappa shape index (κ3) is 4.95. The molecule has 2 aromatic carbocycles. The Kier molecular flexibility index (Phi) is 6.81. The average Bonchev–Trinajstić information content (AvgIpc) is 3.65. The van der Waals surface area contributed by atoms with Crippen LogP contribution in [0.2, 0.25) is 0 Å². The van der Waals surface area contributed by atoms with Crippen LogP contribution in [0.25, 0.3) is 0 Å². The Labute approximate surface area is 216 Å². The highest BCUT2D eigenvalue weighted by Crippen LogP contribution is 2.56. The molecule has 1 saturated carbocycles. The predicted octanol–water partition coefficient (Wildman–Crippen LogP) is 4.79. The van der Waals surface area contributed by atoms with Crippen molar-refractivity contribution in [1.29, 1.82) is 0 Å². The van der Waals surface area contributed by atoms with E-state index in [9.17, 15) is 23.1 Å². The first-order valence-electron chi connectivity index (χ1n) is 11.8. The fourth-order valence-electron chi connectivity index (χ4n) is 4.58. The number of carbonyl (C=O) groups excluding carboxylic acids is 1. The first kappa shape index (κ1) is 25.3. The van der Waals surface area contributed by atoms with Crippen molar-refractivity contribution in [2.75, 3.05) is 11.5 Å². The van der Waals surface area contributed by atoms with Gasteiger partial charge in [-0.1, -0.05) is 18.2 Å². The van der Waals surface area contributed by atoms with E-state index in [-0.39, 0.29) is 36.2 Å². The first-order valence-corrected chi connectivity index (χ1v) is 11.8. The van der Waals surface area contributed by atoms with Gasteiger partial charge in [0.15, 0.2) is 5.75 Å². The molecule has 1 aliphatic rings. The van der Waals surface area contributed by atoms with Crippen molar-refractivity contribution in [2.24, 2.45) is 5.92 Å². The summed E-state index contributed by atoms with van der Waals surface area (Å²) in [5.74, 6) is -1.96. The Morgan fingerprint density at radius 1 is 1.03 bits per heavy atom. The summed E-state index contributed by atoms with van der Waals surface area (Å²) in [6, 6.07) is 13.8. The van der Waals surface area contributed by atoms with Gasteiger partial charge in [-0.2, -0.15) is 0 Å². The summed E-state index contributed by atoms with van der Waals surface area (Å²) in [7, 11) is 0. The van der Waals surface area contributed by atoms with E-state index in [1.54, 1.807) is 25.1 Å². The minimum atomic E-state index is -0.942. The average molecular weight is 521 g/mol. The number of aromatic nitrogens is 3. The van der Waals surface area contributed by atoms with Gasteiger partial charge in [0.1, 0.15) is 34.8 Å². The van der Waals surface area contributed by atoms with E-state index in [1.807, 2.05) is 0 Å². The number of aliphatic hydroxyl groups excluding tert-OH is 1. The van der Waals surface area contributed by atoms with Crippen molar-refractivity contribution < 1.29 is 27.8 Å². The molecule has 194 valence electrons. The summed E-state index contributed by atoms with van der Waals surface area (Å²) in [4.78, 5) is 27.6. The predicted molar refractivity (Wildman–Crippen MR) is 132 cm³/mol. The van der Waals surface area contributed by atoms with Crippen molar-refractivity contribution in [2.45, 2.75) is 25.4 Å². The highest BCUT2D eigenvalue weighted by atomic mass is 19.1. The van der Waals surface area contributed by atoms with Gasteiger partial charge < -0.3 is 9.84 Å². The standard InChI is InChI=1S/C28H23F3N4O3/c1-17-32-14-25(24(15-36)34-17)38-16-28(18-4-2-5-19(29)10-18)12-23(28)27(37)35(22-7-3-6-20(30)11-22)26-9-8-21(31)13-33-26/h2-11,13-14,23,36H,12,15-16H2,1H3. The Morgan fingerprint density at radius 2 is 1.79 bits per heavy atom. The van der Waals surface area contributed by atoms with Crippen LogP contribution in [-0.2, 0) is 16.8 Å². The number of rotatable bonds is 8. The van der Waals surface area contributed by atoms with Gasteiger partial charge in [-0.3, -0.25) is 9.69 Å². The maximum atomic E-state index is 14.3. The van der Waals surface area contributed by atoms with E-state index in [1.165, 1.54) is 47.5 Å². The third-order valence-electron chi connectivity index (χ3n) is 6.59. The Balaban J connectivity index is 1.52. The number of halogens is 3. The molecule has 0 radical (unpaired) electrons. The monoisotopic (exact) mass is 520 g/mol. The molecule has 2 atom stereocenters. The van der Waals surface area contributed by atoms with Crippen molar-refractivity contribution in [1.82, 2.24) is 15.0 Å². The lowest BCUT2D eigenvalue weighted by molar-refractivity contribution is -0.119. The van der Waals surface area contributed by atoms with Crippen LogP contribution in [0.5, 0.6) is 5.75 Å². The molecule has 1 aliphatic carbocycles.